The highest BCUT2D eigenvalue weighted by Gasteiger charge is 2.22. The number of carbonyl (C=O) groups excluding carboxylic acids is 1. The van der Waals surface area contributed by atoms with Gasteiger partial charge in [0.2, 0.25) is 0 Å². The third-order valence-corrected chi connectivity index (χ3v) is 6.44. The van der Waals surface area contributed by atoms with Crippen molar-refractivity contribution in [3.8, 4) is 0 Å². The number of aromatic nitrogens is 1. The molecule has 1 aliphatic heterocycles. The van der Waals surface area contributed by atoms with E-state index in [0.29, 0.717) is 5.92 Å². The van der Waals surface area contributed by atoms with Crippen LogP contribution >= 0.6 is 11.3 Å². The molecule has 0 bridgehead atoms. The van der Waals surface area contributed by atoms with Gasteiger partial charge in [-0.05, 0) is 49.1 Å². The summed E-state index contributed by atoms with van der Waals surface area (Å²) >= 11 is 1.77. The van der Waals surface area contributed by atoms with Crippen molar-refractivity contribution >= 4 is 38.3 Å². The van der Waals surface area contributed by atoms with Crippen molar-refractivity contribution in [2.24, 2.45) is 5.92 Å². The fourth-order valence-corrected chi connectivity index (χ4v) is 4.61. The van der Waals surface area contributed by atoms with Crippen LogP contribution in [0.15, 0.2) is 48.5 Å². The highest BCUT2D eigenvalue weighted by atomic mass is 32.1. The van der Waals surface area contributed by atoms with Crippen molar-refractivity contribution < 1.29 is 4.79 Å². The van der Waals surface area contributed by atoms with Crippen LogP contribution in [-0.4, -0.2) is 44.6 Å². The van der Waals surface area contributed by atoms with E-state index in [9.17, 15) is 4.79 Å². The van der Waals surface area contributed by atoms with Crippen molar-refractivity contribution in [3.05, 3.63) is 54.1 Å². The first-order chi connectivity index (χ1) is 13.6. The molecule has 0 spiro atoms. The molecule has 1 saturated heterocycles. The Hall–Kier alpha value is -2.60. The van der Waals surface area contributed by atoms with Crippen LogP contribution in [-0.2, 0) is 0 Å². The summed E-state index contributed by atoms with van der Waals surface area (Å²) in [6.45, 7) is 2.73. The molecule has 4 rings (SSSR count). The van der Waals surface area contributed by atoms with Crippen LogP contribution in [0.25, 0.3) is 10.2 Å². The van der Waals surface area contributed by atoms with Crippen LogP contribution in [0.5, 0.6) is 0 Å². The first-order valence-corrected chi connectivity index (χ1v) is 10.6. The van der Waals surface area contributed by atoms with E-state index in [0.717, 1.165) is 54.4 Å². The fourth-order valence-electron chi connectivity index (χ4n) is 3.59. The molecule has 3 aromatic rings. The second kappa shape index (κ2) is 8.19. The minimum atomic E-state index is 0.0114. The Balaban J connectivity index is 1.29. The number of amides is 1. The summed E-state index contributed by atoms with van der Waals surface area (Å²) in [6.07, 6.45) is 2.15. The zero-order valence-corrected chi connectivity index (χ0v) is 17.2. The van der Waals surface area contributed by atoms with E-state index in [2.05, 4.69) is 28.4 Å². The van der Waals surface area contributed by atoms with Gasteiger partial charge in [-0.3, -0.25) is 4.79 Å². The van der Waals surface area contributed by atoms with Crippen LogP contribution in [0.2, 0.25) is 0 Å². The lowest BCUT2D eigenvalue weighted by atomic mass is 9.97. The standard InChI is InChI=1S/C22H26N4OS/c1-25(2)18-7-5-6-17(14-18)21(27)23-15-16-10-12-26(13-11-16)22-24-19-8-3-4-9-20(19)28-22/h3-9,14,16H,10-13,15H2,1-2H3,(H,23,27). The zero-order valence-electron chi connectivity index (χ0n) is 16.4. The molecule has 0 unspecified atom stereocenters. The van der Waals surface area contributed by atoms with Gasteiger partial charge in [0.15, 0.2) is 5.13 Å². The van der Waals surface area contributed by atoms with Crippen LogP contribution < -0.4 is 15.1 Å². The molecular formula is C22H26N4OS. The molecular weight excluding hydrogens is 368 g/mol. The maximum absolute atomic E-state index is 12.5. The lowest BCUT2D eigenvalue weighted by Gasteiger charge is -2.31. The van der Waals surface area contributed by atoms with Crippen molar-refractivity contribution in [1.82, 2.24) is 10.3 Å². The molecule has 1 aromatic heterocycles. The molecule has 1 N–H and O–H groups in total. The van der Waals surface area contributed by atoms with Gasteiger partial charge in [0.05, 0.1) is 10.2 Å². The molecule has 2 heterocycles. The lowest BCUT2D eigenvalue weighted by molar-refractivity contribution is 0.0945. The van der Waals surface area contributed by atoms with Gasteiger partial charge >= 0.3 is 0 Å². The van der Waals surface area contributed by atoms with Crippen molar-refractivity contribution in [1.29, 1.82) is 0 Å². The minimum Gasteiger partial charge on any atom is -0.378 e. The van der Waals surface area contributed by atoms with Gasteiger partial charge in [-0.25, -0.2) is 4.98 Å². The Labute approximate surface area is 170 Å². The summed E-state index contributed by atoms with van der Waals surface area (Å²) in [5.74, 6) is 0.531. The number of fused-ring (bicyclic) bond motifs is 1. The molecule has 0 aliphatic carbocycles. The predicted molar refractivity (Wildman–Crippen MR) is 118 cm³/mol. The second-order valence-corrected chi connectivity index (χ2v) is 8.56. The van der Waals surface area contributed by atoms with Crippen LogP contribution in [0, 0.1) is 5.92 Å². The monoisotopic (exact) mass is 394 g/mol. The van der Waals surface area contributed by atoms with Gasteiger partial charge in [-0.1, -0.05) is 29.5 Å². The first-order valence-electron chi connectivity index (χ1n) is 9.76. The summed E-state index contributed by atoms with van der Waals surface area (Å²) < 4.78 is 1.24. The summed E-state index contributed by atoms with van der Waals surface area (Å²) in [5, 5.41) is 4.24. The predicted octanol–water partition coefficient (Wildman–Crippen LogP) is 4.01. The van der Waals surface area contributed by atoms with E-state index < -0.39 is 0 Å². The average molecular weight is 395 g/mol. The highest BCUT2D eigenvalue weighted by Crippen LogP contribution is 2.31. The topological polar surface area (TPSA) is 48.5 Å². The van der Waals surface area contributed by atoms with Gasteiger partial charge in [0.25, 0.3) is 5.91 Å². The normalized spacial score (nSPS) is 15.0. The van der Waals surface area contributed by atoms with Crippen molar-refractivity contribution in [2.45, 2.75) is 12.8 Å². The molecule has 0 saturated carbocycles. The minimum absolute atomic E-state index is 0.0114. The number of carbonyl (C=O) groups is 1. The number of thiazole rings is 1. The van der Waals surface area contributed by atoms with Gasteiger partial charge in [-0.15, -0.1) is 0 Å². The maximum Gasteiger partial charge on any atom is 0.251 e. The SMILES string of the molecule is CN(C)c1cccc(C(=O)NCC2CCN(c3nc4ccccc4s3)CC2)c1. The molecule has 1 aliphatic rings. The molecule has 146 valence electrons. The van der Waals surface area contributed by atoms with Crippen molar-refractivity contribution in [3.63, 3.8) is 0 Å². The van der Waals surface area contributed by atoms with E-state index in [4.69, 9.17) is 4.98 Å². The Bertz CT molecular complexity index is 927. The number of para-hydroxylation sites is 1. The summed E-state index contributed by atoms with van der Waals surface area (Å²) in [4.78, 5) is 21.7. The summed E-state index contributed by atoms with van der Waals surface area (Å²) in [6, 6.07) is 16.0. The molecule has 6 heteroatoms. The maximum atomic E-state index is 12.5. The van der Waals surface area contributed by atoms with Crippen LogP contribution in [0.3, 0.4) is 0 Å². The number of anilines is 2. The van der Waals surface area contributed by atoms with E-state index in [1.165, 1.54) is 4.70 Å². The van der Waals surface area contributed by atoms with E-state index >= 15 is 0 Å². The van der Waals surface area contributed by atoms with Crippen molar-refractivity contribution in [2.75, 3.05) is 43.5 Å². The first kappa shape index (κ1) is 18.7. The van der Waals surface area contributed by atoms with Gasteiger partial charge in [0.1, 0.15) is 0 Å². The van der Waals surface area contributed by atoms with Crippen LogP contribution in [0.1, 0.15) is 23.2 Å². The second-order valence-electron chi connectivity index (χ2n) is 7.55. The Morgan fingerprint density at radius 3 is 2.71 bits per heavy atom. The Morgan fingerprint density at radius 1 is 1.18 bits per heavy atom. The number of hydrogen-bond donors (Lipinski definition) is 1. The van der Waals surface area contributed by atoms with Gasteiger partial charge in [0, 0.05) is 45.0 Å². The fraction of sp³-hybridized carbons (Fsp3) is 0.364. The number of hydrogen-bond acceptors (Lipinski definition) is 5. The van der Waals surface area contributed by atoms with E-state index in [-0.39, 0.29) is 5.91 Å². The molecule has 0 radical (unpaired) electrons. The third kappa shape index (κ3) is 4.12. The number of piperidine rings is 1. The molecule has 5 nitrogen and oxygen atoms in total. The summed E-state index contributed by atoms with van der Waals surface area (Å²) in [7, 11) is 3.96. The van der Waals surface area contributed by atoms with Gasteiger partial charge < -0.3 is 15.1 Å². The molecule has 28 heavy (non-hydrogen) atoms. The highest BCUT2D eigenvalue weighted by molar-refractivity contribution is 7.22. The summed E-state index contributed by atoms with van der Waals surface area (Å²) in [5.41, 5.74) is 2.84. The largest absolute Gasteiger partial charge is 0.378 e. The third-order valence-electron chi connectivity index (χ3n) is 5.34. The van der Waals surface area contributed by atoms with Crippen LogP contribution in [0.4, 0.5) is 10.8 Å². The van der Waals surface area contributed by atoms with E-state index in [1.54, 1.807) is 11.3 Å². The number of nitrogens with zero attached hydrogens (tertiary/aromatic N) is 3. The lowest BCUT2D eigenvalue weighted by Crippen LogP contribution is -2.38. The molecule has 1 amide bonds. The Kier molecular flexibility index (Phi) is 5.48. The smallest absolute Gasteiger partial charge is 0.251 e. The number of nitrogens with one attached hydrogen (secondary N) is 1. The molecule has 2 aromatic carbocycles. The Morgan fingerprint density at radius 2 is 1.96 bits per heavy atom. The molecule has 1 fully saturated rings. The zero-order chi connectivity index (χ0) is 19.5. The number of rotatable bonds is 5. The average Bonchev–Trinajstić information content (AvgIpc) is 3.16. The number of benzene rings is 2. The molecule has 0 atom stereocenters. The van der Waals surface area contributed by atoms with E-state index in [1.807, 2.05) is 49.3 Å². The quantitative estimate of drug-likeness (QED) is 0.710. The van der Waals surface area contributed by atoms with Gasteiger partial charge in [-0.2, -0.15) is 0 Å².